The first-order chi connectivity index (χ1) is 9.58. The number of aryl methyl sites for hydroxylation is 1. The van der Waals surface area contributed by atoms with Gasteiger partial charge in [-0.1, -0.05) is 31.5 Å². The van der Waals surface area contributed by atoms with Gasteiger partial charge in [0.1, 0.15) is 5.82 Å². The Morgan fingerprint density at radius 2 is 1.70 bits per heavy atom. The van der Waals surface area contributed by atoms with E-state index in [1.165, 1.54) is 24.3 Å². The Hall–Kier alpha value is -1.67. The SMILES string of the molecule is CCc1ccc(C(=O)c2ccc(F)cc2)c(Cl)c1CC. The van der Waals surface area contributed by atoms with Crippen LogP contribution in [0.2, 0.25) is 5.02 Å². The molecule has 0 saturated carbocycles. The van der Waals surface area contributed by atoms with Gasteiger partial charge >= 0.3 is 0 Å². The van der Waals surface area contributed by atoms with E-state index in [0.717, 1.165) is 24.0 Å². The third kappa shape index (κ3) is 2.75. The van der Waals surface area contributed by atoms with Crippen LogP contribution in [0.15, 0.2) is 36.4 Å². The molecule has 0 aliphatic carbocycles. The quantitative estimate of drug-likeness (QED) is 0.737. The number of hydrogen-bond donors (Lipinski definition) is 0. The normalized spacial score (nSPS) is 10.6. The molecule has 0 aromatic heterocycles. The number of benzene rings is 2. The van der Waals surface area contributed by atoms with Crippen LogP contribution in [0.4, 0.5) is 4.39 Å². The van der Waals surface area contributed by atoms with Gasteiger partial charge in [-0.05, 0) is 54.3 Å². The summed E-state index contributed by atoms with van der Waals surface area (Å²) in [5.74, 6) is -0.532. The van der Waals surface area contributed by atoms with Crippen molar-refractivity contribution in [3.8, 4) is 0 Å². The van der Waals surface area contributed by atoms with Gasteiger partial charge in [-0.15, -0.1) is 0 Å². The van der Waals surface area contributed by atoms with Crippen molar-refractivity contribution in [2.24, 2.45) is 0 Å². The van der Waals surface area contributed by atoms with Crippen LogP contribution in [-0.4, -0.2) is 5.78 Å². The topological polar surface area (TPSA) is 17.1 Å². The Morgan fingerprint density at radius 1 is 1.05 bits per heavy atom. The zero-order chi connectivity index (χ0) is 14.7. The second kappa shape index (κ2) is 6.19. The number of carbonyl (C=O) groups is 1. The lowest BCUT2D eigenvalue weighted by Crippen LogP contribution is -2.05. The largest absolute Gasteiger partial charge is 0.289 e. The molecular formula is C17H16ClFO. The first-order valence-electron chi connectivity index (χ1n) is 6.69. The lowest BCUT2D eigenvalue weighted by molar-refractivity contribution is 0.103. The molecule has 0 N–H and O–H groups in total. The van der Waals surface area contributed by atoms with E-state index in [2.05, 4.69) is 6.92 Å². The van der Waals surface area contributed by atoms with Crippen molar-refractivity contribution in [3.63, 3.8) is 0 Å². The molecule has 0 heterocycles. The van der Waals surface area contributed by atoms with Crippen LogP contribution in [0, 0.1) is 5.82 Å². The van der Waals surface area contributed by atoms with E-state index in [1.54, 1.807) is 6.07 Å². The van der Waals surface area contributed by atoms with Crippen molar-refractivity contribution < 1.29 is 9.18 Å². The van der Waals surface area contributed by atoms with E-state index in [4.69, 9.17) is 11.6 Å². The highest BCUT2D eigenvalue weighted by atomic mass is 35.5. The fourth-order valence-corrected chi connectivity index (χ4v) is 2.71. The Labute approximate surface area is 123 Å². The summed E-state index contributed by atoms with van der Waals surface area (Å²) in [5, 5.41) is 0.515. The van der Waals surface area contributed by atoms with E-state index in [9.17, 15) is 9.18 Å². The van der Waals surface area contributed by atoms with Crippen molar-refractivity contribution in [2.45, 2.75) is 26.7 Å². The van der Waals surface area contributed by atoms with Gasteiger partial charge in [0.15, 0.2) is 5.78 Å². The molecule has 0 radical (unpaired) electrons. The van der Waals surface area contributed by atoms with Gasteiger partial charge in [0.25, 0.3) is 0 Å². The summed E-state index contributed by atoms with van der Waals surface area (Å²) in [4.78, 5) is 12.4. The number of hydrogen-bond acceptors (Lipinski definition) is 1. The van der Waals surface area contributed by atoms with E-state index in [-0.39, 0.29) is 11.6 Å². The van der Waals surface area contributed by atoms with Crippen molar-refractivity contribution in [1.29, 1.82) is 0 Å². The minimum absolute atomic E-state index is 0.174. The molecule has 2 aromatic carbocycles. The molecule has 0 bridgehead atoms. The first-order valence-corrected chi connectivity index (χ1v) is 7.06. The number of ketones is 1. The fourth-order valence-electron chi connectivity index (χ4n) is 2.31. The number of rotatable bonds is 4. The maximum Gasteiger partial charge on any atom is 0.194 e. The molecule has 0 aliphatic rings. The first kappa shape index (κ1) is 14.7. The molecule has 0 saturated heterocycles. The monoisotopic (exact) mass is 290 g/mol. The summed E-state index contributed by atoms with van der Waals surface area (Å²) in [5.41, 5.74) is 3.10. The fraction of sp³-hybridized carbons (Fsp3) is 0.235. The van der Waals surface area contributed by atoms with Crippen LogP contribution in [0.3, 0.4) is 0 Å². The highest BCUT2D eigenvalue weighted by molar-refractivity contribution is 6.35. The van der Waals surface area contributed by atoms with Crippen LogP contribution >= 0.6 is 11.6 Å². The van der Waals surface area contributed by atoms with Crippen LogP contribution in [-0.2, 0) is 12.8 Å². The third-order valence-electron chi connectivity index (χ3n) is 3.43. The number of halogens is 2. The lowest BCUT2D eigenvalue weighted by Gasteiger charge is -2.12. The molecule has 2 aromatic rings. The van der Waals surface area contributed by atoms with Gasteiger partial charge in [0.2, 0.25) is 0 Å². The predicted molar refractivity (Wildman–Crippen MR) is 80.0 cm³/mol. The Balaban J connectivity index is 2.47. The number of carbonyl (C=O) groups excluding carboxylic acids is 1. The van der Waals surface area contributed by atoms with Crippen molar-refractivity contribution in [1.82, 2.24) is 0 Å². The van der Waals surface area contributed by atoms with Gasteiger partial charge in [0.05, 0.1) is 5.02 Å². The van der Waals surface area contributed by atoms with E-state index < -0.39 is 0 Å². The lowest BCUT2D eigenvalue weighted by atomic mass is 9.95. The summed E-state index contributed by atoms with van der Waals surface area (Å²) in [6.45, 7) is 4.08. The van der Waals surface area contributed by atoms with Gasteiger partial charge < -0.3 is 0 Å². The zero-order valence-corrected chi connectivity index (χ0v) is 12.3. The molecule has 0 spiro atoms. The summed E-state index contributed by atoms with van der Waals surface area (Å²) >= 11 is 6.37. The second-order valence-electron chi connectivity index (χ2n) is 4.61. The molecule has 0 amide bonds. The molecule has 0 atom stereocenters. The molecular weight excluding hydrogens is 275 g/mol. The van der Waals surface area contributed by atoms with Gasteiger partial charge in [-0.2, -0.15) is 0 Å². The van der Waals surface area contributed by atoms with Crippen molar-refractivity contribution >= 4 is 17.4 Å². The Bertz CT molecular complexity index is 632. The average molecular weight is 291 g/mol. The third-order valence-corrected chi connectivity index (χ3v) is 3.86. The molecule has 104 valence electrons. The maximum absolute atomic E-state index is 12.9. The van der Waals surface area contributed by atoms with Crippen LogP contribution in [0.5, 0.6) is 0 Å². The standard InChI is InChI=1S/C17H16ClFO/c1-3-11-7-10-15(16(18)14(11)4-2)17(20)12-5-8-13(19)9-6-12/h5-10H,3-4H2,1-2H3. The minimum Gasteiger partial charge on any atom is -0.289 e. The molecule has 20 heavy (non-hydrogen) atoms. The van der Waals surface area contributed by atoms with Crippen molar-refractivity contribution in [2.75, 3.05) is 0 Å². The summed E-state index contributed by atoms with van der Waals surface area (Å²) in [6.07, 6.45) is 1.67. The van der Waals surface area contributed by atoms with Crippen LogP contribution in [0.1, 0.15) is 40.9 Å². The summed E-state index contributed by atoms with van der Waals surface area (Å²) < 4.78 is 12.9. The average Bonchev–Trinajstić information content (AvgIpc) is 2.47. The molecule has 0 unspecified atom stereocenters. The van der Waals surface area contributed by atoms with Gasteiger partial charge in [-0.3, -0.25) is 4.79 Å². The minimum atomic E-state index is -0.358. The highest BCUT2D eigenvalue weighted by Crippen LogP contribution is 2.27. The smallest absolute Gasteiger partial charge is 0.194 e. The zero-order valence-electron chi connectivity index (χ0n) is 11.5. The second-order valence-corrected chi connectivity index (χ2v) is 4.99. The van der Waals surface area contributed by atoms with E-state index in [0.29, 0.717) is 16.1 Å². The molecule has 1 nitrogen and oxygen atoms in total. The molecule has 0 fully saturated rings. The Morgan fingerprint density at radius 3 is 2.25 bits per heavy atom. The highest BCUT2D eigenvalue weighted by Gasteiger charge is 2.16. The van der Waals surface area contributed by atoms with Gasteiger partial charge in [0, 0.05) is 11.1 Å². The van der Waals surface area contributed by atoms with Crippen LogP contribution in [0.25, 0.3) is 0 Å². The summed E-state index contributed by atoms with van der Waals surface area (Å²) in [7, 11) is 0. The van der Waals surface area contributed by atoms with E-state index >= 15 is 0 Å². The molecule has 2 rings (SSSR count). The summed E-state index contributed by atoms with van der Waals surface area (Å²) in [6, 6.07) is 9.22. The van der Waals surface area contributed by atoms with Crippen molar-refractivity contribution in [3.05, 3.63) is 69.5 Å². The van der Waals surface area contributed by atoms with E-state index in [1.807, 2.05) is 13.0 Å². The van der Waals surface area contributed by atoms with Crippen LogP contribution < -0.4 is 0 Å². The Kier molecular flexibility index (Phi) is 4.56. The predicted octanol–water partition coefficient (Wildman–Crippen LogP) is 4.83. The molecule has 0 aliphatic heterocycles. The maximum atomic E-state index is 12.9. The van der Waals surface area contributed by atoms with Gasteiger partial charge in [-0.25, -0.2) is 4.39 Å². The molecule has 3 heteroatoms.